The lowest BCUT2D eigenvalue weighted by Gasteiger charge is -2.37. The SMILES string of the molecule is CNCCCN(C)C1CCN2CCC1C2. The maximum absolute atomic E-state index is 3.22. The minimum atomic E-state index is 0.862. The van der Waals surface area contributed by atoms with Crippen LogP contribution in [-0.4, -0.2) is 62.7 Å². The highest BCUT2D eigenvalue weighted by Crippen LogP contribution is 2.29. The molecule has 2 aliphatic heterocycles. The van der Waals surface area contributed by atoms with Gasteiger partial charge in [-0.3, -0.25) is 0 Å². The summed E-state index contributed by atoms with van der Waals surface area (Å²) in [6.07, 6.45) is 4.10. The van der Waals surface area contributed by atoms with Crippen molar-refractivity contribution >= 4 is 0 Å². The van der Waals surface area contributed by atoms with Gasteiger partial charge in [0.05, 0.1) is 0 Å². The van der Waals surface area contributed by atoms with Gasteiger partial charge in [-0.15, -0.1) is 0 Å². The van der Waals surface area contributed by atoms with Crippen molar-refractivity contribution in [2.45, 2.75) is 25.3 Å². The fourth-order valence-electron chi connectivity index (χ4n) is 3.18. The van der Waals surface area contributed by atoms with Gasteiger partial charge in [-0.2, -0.15) is 0 Å². The molecule has 2 rings (SSSR count). The molecule has 0 aromatic carbocycles. The summed E-state index contributed by atoms with van der Waals surface area (Å²) >= 11 is 0. The number of fused-ring (bicyclic) bond motifs is 2. The molecule has 2 bridgehead atoms. The van der Waals surface area contributed by atoms with Crippen LogP contribution in [0.5, 0.6) is 0 Å². The molecule has 15 heavy (non-hydrogen) atoms. The van der Waals surface area contributed by atoms with Gasteiger partial charge in [0.25, 0.3) is 0 Å². The Morgan fingerprint density at radius 1 is 1.33 bits per heavy atom. The highest BCUT2D eigenvalue weighted by atomic mass is 15.2. The monoisotopic (exact) mass is 211 g/mol. The summed E-state index contributed by atoms with van der Waals surface area (Å²) in [7, 11) is 4.35. The van der Waals surface area contributed by atoms with Crippen molar-refractivity contribution in [2.24, 2.45) is 5.92 Å². The van der Waals surface area contributed by atoms with Gasteiger partial charge >= 0.3 is 0 Å². The number of rotatable bonds is 5. The molecule has 0 aromatic rings. The van der Waals surface area contributed by atoms with Gasteiger partial charge in [-0.05, 0) is 65.5 Å². The second-order valence-electron chi connectivity index (χ2n) is 5.14. The predicted octanol–water partition coefficient (Wildman–Crippen LogP) is 0.622. The van der Waals surface area contributed by atoms with Gasteiger partial charge in [0.2, 0.25) is 0 Å². The fourth-order valence-corrected chi connectivity index (χ4v) is 3.18. The molecule has 0 spiro atoms. The molecule has 2 fully saturated rings. The van der Waals surface area contributed by atoms with E-state index >= 15 is 0 Å². The van der Waals surface area contributed by atoms with Crippen LogP contribution in [0.4, 0.5) is 0 Å². The van der Waals surface area contributed by atoms with E-state index in [1.165, 1.54) is 45.4 Å². The average Bonchev–Trinajstić information content (AvgIpc) is 2.61. The zero-order chi connectivity index (χ0) is 10.7. The molecule has 1 N–H and O–H groups in total. The molecule has 0 aromatic heterocycles. The summed E-state index contributed by atoms with van der Waals surface area (Å²) in [5.41, 5.74) is 0. The van der Waals surface area contributed by atoms with Crippen LogP contribution in [0.3, 0.4) is 0 Å². The van der Waals surface area contributed by atoms with Crippen molar-refractivity contribution in [3.05, 3.63) is 0 Å². The van der Waals surface area contributed by atoms with Gasteiger partial charge in [0, 0.05) is 12.6 Å². The van der Waals surface area contributed by atoms with E-state index in [0.717, 1.165) is 18.5 Å². The quantitative estimate of drug-likeness (QED) is 0.673. The molecular weight excluding hydrogens is 186 g/mol. The Morgan fingerprint density at radius 2 is 2.13 bits per heavy atom. The molecule has 2 saturated heterocycles. The number of nitrogens with one attached hydrogen (secondary N) is 1. The Bertz CT molecular complexity index is 195. The second-order valence-corrected chi connectivity index (χ2v) is 5.14. The molecule has 2 aliphatic rings. The van der Waals surface area contributed by atoms with Crippen molar-refractivity contribution in [1.82, 2.24) is 15.1 Å². The summed E-state index contributed by atoms with van der Waals surface area (Å²) in [5.74, 6) is 0.957. The molecule has 0 saturated carbocycles. The third-order valence-corrected chi connectivity index (χ3v) is 4.10. The molecule has 0 amide bonds. The predicted molar refractivity (Wildman–Crippen MR) is 64.1 cm³/mol. The Labute approximate surface area is 93.8 Å². The molecule has 88 valence electrons. The number of hydrogen-bond donors (Lipinski definition) is 1. The third kappa shape index (κ3) is 2.71. The summed E-state index contributed by atoms with van der Waals surface area (Å²) in [6.45, 7) is 6.44. The molecule has 3 nitrogen and oxygen atoms in total. The van der Waals surface area contributed by atoms with Crippen LogP contribution in [0.1, 0.15) is 19.3 Å². The van der Waals surface area contributed by atoms with Crippen LogP contribution in [-0.2, 0) is 0 Å². The lowest BCUT2D eigenvalue weighted by molar-refractivity contribution is 0.122. The molecule has 0 radical (unpaired) electrons. The smallest absolute Gasteiger partial charge is 0.0145 e. The molecular formula is C12H25N3. The first-order valence-corrected chi connectivity index (χ1v) is 6.38. The fraction of sp³-hybridized carbons (Fsp3) is 1.00. The summed E-state index contributed by atoms with van der Waals surface area (Å²) in [5, 5.41) is 3.22. The number of piperidine rings is 1. The zero-order valence-corrected chi connectivity index (χ0v) is 10.2. The topological polar surface area (TPSA) is 18.5 Å². The number of hydrogen-bond acceptors (Lipinski definition) is 3. The van der Waals surface area contributed by atoms with E-state index in [-0.39, 0.29) is 0 Å². The van der Waals surface area contributed by atoms with Crippen LogP contribution in [0.15, 0.2) is 0 Å². The van der Waals surface area contributed by atoms with Gasteiger partial charge in [0.1, 0.15) is 0 Å². The van der Waals surface area contributed by atoms with E-state index in [1.807, 2.05) is 7.05 Å². The van der Waals surface area contributed by atoms with E-state index in [4.69, 9.17) is 0 Å². The van der Waals surface area contributed by atoms with Crippen LogP contribution in [0, 0.1) is 5.92 Å². The minimum Gasteiger partial charge on any atom is -0.320 e. The minimum absolute atomic E-state index is 0.862. The van der Waals surface area contributed by atoms with Crippen molar-refractivity contribution in [1.29, 1.82) is 0 Å². The summed E-state index contributed by atoms with van der Waals surface area (Å²) < 4.78 is 0. The molecule has 3 atom stereocenters. The zero-order valence-electron chi connectivity index (χ0n) is 10.2. The van der Waals surface area contributed by atoms with E-state index in [0.29, 0.717) is 0 Å². The van der Waals surface area contributed by atoms with Gasteiger partial charge in [-0.25, -0.2) is 0 Å². The third-order valence-electron chi connectivity index (χ3n) is 4.10. The highest BCUT2D eigenvalue weighted by Gasteiger charge is 2.35. The van der Waals surface area contributed by atoms with Gasteiger partial charge < -0.3 is 15.1 Å². The normalized spacial score (nSPS) is 35.0. The maximum atomic E-state index is 3.22. The van der Waals surface area contributed by atoms with E-state index < -0.39 is 0 Å². The Hall–Kier alpha value is -0.120. The first-order valence-electron chi connectivity index (χ1n) is 6.38. The lowest BCUT2D eigenvalue weighted by atomic mass is 9.93. The van der Waals surface area contributed by atoms with E-state index in [9.17, 15) is 0 Å². The van der Waals surface area contributed by atoms with Gasteiger partial charge in [-0.1, -0.05) is 0 Å². The lowest BCUT2D eigenvalue weighted by Crippen LogP contribution is -2.45. The average molecular weight is 211 g/mol. The Kier molecular flexibility index (Phi) is 4.00. The van der Waals surface area contributed by atoms with Crippen molar-refractivity contribution < 1.29 is 0 Å². The second kappa shape index (κ2) is 5.28. The molecule has 3 unspecified atom stereocenters. The van der Waals surface area contributed by atoms with Crippen LogP contribution in [0.2, 0.25) is 0 Å². The summed E-state index contributed by atoms with van der Waals surface area (Å²) in [6, 6.07) is 0.862. The van der Waals surface area contributed by atoms with E-state index in [1.54, 1.807) is 0 Å². The van der Waals surface area contributed by atoms with E-state index in [2.05, 4.69) is 22.2 Å². The largest absolute Gasteiger partial charge is 0.320 e. The summed E-state index contributed by atoms with van der Waals surface area (Å²) in [4.78, 5) is 5.23. The standard InChI is InChI=1S/C12H25N3/c1-13-6-3-7-14(2)12-5-9-15-8-4-11(12)10-15/h11-13H,3-10H2,1-2H3. The maximum Gasteiger partial charge on any atom is 0.0145 e. The Morgan fingerprint density at radius 3 is 2.93 bits per heavy atom. The molecule has 0 aliphatic carbocycles. The van der Waals surface area contributed by atoms with Crippen molar-refractivity contribution in [3.63, 3.8) is 0 Å². The number of nitrogens with zero attached hydrogens (tertiary/aromatic N) is 2. The molecule has 3 heteroatoms. The molecule has 2 heterocycles. The van der Waals surface area contributed by atoms with Crippen LogP contribution >= 0.6 is 0 Å². The van der Waals surface area contributed by atoms with Crippen LogP contribution < -0.4 is 5.32 Å². The van der Waals surface area contributed by atoms with Crippen LogP contribution in [0.25, 0.3) is 0 Å². The van der Waals surface area contributed by atoms with Gasteiger partial charge in [0.15, 0.2) is 0 Å². The van der Waals surface area contributed by atoms with Crippen molar-refractivity contribution in [2.75, 3.05) is 46.8 Å². The first-order chi connectivity index (χ1) is 7.31. The Balaban J connectivity index is 1.76. The first kappa shape index (κ1) is 11.4. The highest BCUT2D eigenvalue weighted by molar-refractivity contribution is 4.91. The van der Waals surface area contributed by atoms with Crippen molar-refractivity contribution in [3.8, 4) is 0 Å².